The smallest absolute Gasteiger partial charge is 0.256 e. The number of carbonyl (C=O) groups excluding carboxylic acids is 1. The summed E-state index contributed by atoms with van der Waals surface area (Å²) in [4.78, 5) is 18.8. The molecule has 4 rings (SSSR count). The molecule has 1 saturated heterocycles. The summed E-state index contributed by atoms with van der Waals surface area (Å²) >= 11 is 6.19. The summed E-state index contributed by atoms with van der Waals surface area (Å²) in [7, 11) is 0. The average molecular weight is 425 g/mol. The quantitative estimate of drug-likeness (QED) is 0.525. The van der Waals surface area contributed by atoms with Crippen molar-refractivity contribution in [1.82, 2.24) is 9.88 Å². The third-order valence-electron chi connectivity index (χ3n) is 7.82. The summed E-state index contributed by atoms with van der Waals surface area (Å²) in [5.41, 5.74) is 3.27. The minimum atomic E-state index is -0.205. The van der Waals surface area contributed by atoms with Crippen molar-refractivity contribution in [2.75, 3.05) is 6.54 Å². The maximum atomic E-state index is 13.6. The van der Waals surface area contributed by atoms with Crippen molar-refractivity contribution in [3.8, 4) is 5.75 Å². The Labute approximate surface area is 182 Å². The lowest BCUT2D eigenvalue weighted by atomic mass is 9.55. The van der Waals surface area contributed by atoms with Gasteiger partial charge in [-0.1, -0.05) is 44.5 Å². The van der Waals surface area contributed by atoms with Gasteiger partial charge in [0.25, 0.3) is 5.91 Å². The number of likely N-dealkylation sites (tertiary alicyclic amines) is 1. The fourth-order valence-electron chi connectivity index (χ4n) is 5.12. The van der Waals surface area contributed by atoms with Gasteiger partial charge in [0.2, 0.25) is 0 Å². The maximum Gasteiger partial charge on any atom is 0.256 e. The summed E-state index contributed by atoms with van der Waals surface area (Å²) in [5.74, 6) is 0.352. The number of amides is 1. The van der Waals surface area contributed by atoms with Crippen LogP contribution in [0.15, 0.2) is 42.6 Å². The Hall–Kier alpha value is -2.46. The van der Waals surface area contributed by atoms with Crippen LogP contribution in [0.3, 0.4) is 0 Å². The molecule has 0 radical (unpaired) electrons. The zero-order valence-electron chi connectivity index (χ0n) is 18.2. The third-order valence-corrected chi connectivity index (χ3v) is 8.06. The van der Waals surface area contributed by atoms with Gasteiger partial charge in [-0.2, -0.15) is 0 Å². The van der Waals surface area contributed by atoms with Crippen LogP contribution < -0.4 is 0 Å². The zero-order chi connectivity index (χ0) is 21.8. The minimum Gasteiger partial charge on any atom is -0.508 e. The molecule has 5 heteroatoms. The number of phenolic OH excluding ortho intramolecular Hbond substituents is 1. The first-order chi connectivity index (χ1) is 14.1. The predicted octanol–water partition coefficient (Wildman–Crippen LogP) is 6.05. The van der Waals surface area contributed by atoms with Crippen LogP contribution in [0, 0.1) is 12.3 Å². The number of rotatable bonds is 2. The van der Waals surface area contributed by atoms with E-state index < -0.39 is 0 Å². The van der Waals surface area contributed by atoms with Crippen molar-refractivity contribution in [2.45, 2.75) is 52.5 Å². The molecular weight excluding hydrogens is 396 g/mol. The number of hydrogen-bond acceptors (Lipinski definition) is 2. The van der Waals surface area contributed by atoms with Crippen molar-refractivity contribution >= 4 is 28.4 Å². The molecule has 1 fully saturated rings. The number of halogens is 1. The normalized spacial score (nSPS) is 23.7. The van der Waals surface area contributed by atoms with Crippen LogP contribution in [-0.2, 0) is 5.41 Å². The molecule has 3 aromatic rings. The van der Waals surface area contributed by atoms with E-state index in [0.29, 0.717) is 22.9 Å². The van der Waals surface area contributed by atoms with E-state index in [9.17, 15) is 9.90 Å². The van der Waals surface area contributed by atoms with Crippen molar-refractivity contribution in [2.24, 2.45) is 5.41 Å². The van der Waals surface area contributed by atoms with Crippen LogP contribution in [0.2, 0.25) is 5.02 Å². The summed E-state index contributed by atoms with van der Waals surface area (Å²) in [5, 5.41) is 11.8. The van der Waals surface area contributed by atoms with E-state index in [0.717, 1.165) is 28.5 Å². The second-order valence-corrected chi connectivity index (χ2v) is 9.76. The number of nitrogens with one attached hydrogen (secondary N) is 1. The Kier molecular flexibility index (Phi) is 4.89. The van der Waals surface area contributed by atoms with Gasteiger partial charge in [0, 0.05) is 40.1 Å². The average Bonchev–Trinajstić information content (AvgIpc) is 3.11. The molecule has 0 saturated carbocycles. The molecule has 2 heterocycles. The van der Waals surface area contributed by atoms with Gasteiger partial charge in [0.1, 0.15) is 5.75 Å². The molecule has 1 amide bonds. The van der Waals surface area contributed by atoms with Crippen molar-refractivity contribution in [3.63, 3.8) is 0 Å². The Morgan fingerprint density at radius 3 is 2.70 bits per heavy atom. The first-order valence-electron chi connectivity index (χ1n) is 10.4. The lowest BCUT2D eigenvalue weighted by Crippen LogP contribution is -2.60. The Morgan fingerprint density at radius 1 is 1.23 bits per heavy atom. The van der Waals surface area contributed by atoms with E-state index in [2.05, 4.69) is 38.7 Å². The zero-order valence-corrected chi connectivity index (χ0v) is 19.0. The van der Waals surface area contributed by atoms with E-state index in [1.807, 2.05) is 36.1 Å². The lowest BCUT2D eigenvalue weighted by molar-refractivity contribution is -0.00988. The van der Waals surface area contributed by atoms with Crippen LogP contribution >= 0.6 is 11.6 Å². The SMILES string of the molecule is Cc1c(O)cccc1[C@]1(C)CCN(C(=O)c2c[nH]c3ccc(Cl)cc23)[C@H](C)C1(C)C. The molecule has 2 aromatic carbocycles. The fraction of sp³-hybridized carbons (Fsp3) is 0.400. The van der Waals surface area contributed by atoms with Crippen molar-refractivity contribution in [1.29, 1.82) is 0 Å². The largest absolute Gasteiger partial charge is 0.508 e. The lowest BCUT2D eigenvalue weighted by Gasteiger charge is -2.56. The highest BCUT2D eigenvalue weighted by molar-refractivity contribution is 6.31. The van der Waals surface area contributed by atoms with Gasteiger partial charge in [0.15, 0.2) is 0 Å². The summed E-state index contributed by atoms with van der Waals surface area (Å²) in [6, 6.07) is 11.3. The topological polar surface area (TPSA) is 56.3 Å². The van der Waals surface area contributed by atoms with E-state index in [1.165, 1.54) is 0 Å². The van der Waals surface area contributed by atoms with Crippen molar-refractivity contribution in [3.05, 3.63) is 64.3 Å². The first kappa shape index (κ1) is 20.8. The van der Waals surface area contributed by atoms with Gasteiger partial charge >= 0.3 is 0 Å². The van der Waals surface area contributed by atoms with Gasteiger partial charge in [-0.25, -0.2) is 0 Å². The van der Waals surface area contributed by atoms with Crippen LogP contribution in [0.1, 0.15) is 55.6 Å². The number of H-pyrrole nitrogens is 1. The number of aromatic hydroxyl groups is 1. The van der Waals surface area contributed by atoms with Crippen molar-refractivity contribution < 1.29 is 9.90 Å². The molecule has 2 atom stereocenters. The molecule has 0 bridgehead atoms. The van der Waals surface area contributed by atoms with Gasteiger partial charge in [-0.15, -0.1) is 0 Å². The van der Waals surface area contributed by atoms with Crippen LogP contribution in [0.4, 0.5) is 0 Å². The molecule has 1 aliphatic heterocycles. The Morgan fingerprint density at radius 2 is 1.97 bits per heavy atom. The summed E-state index contributed by atoms with van der Waals surface area (Å²) < 4.78 is 0. The Balaban J connectivity index is 1.72. The Bertz CT molecular complexity index is 1130. The molecule has 2 N–H and O–H groups in total. The summed E-state index contributed by atoms with van der Waals surface area (Å²) in [6.07, 6.45) is 2.61. The standard InChI is InChI=1S/C25H29ClN2O2/c1-15-20(7-6-8-22(15)29)25(5)11-12-28(16(2)24(25,3)4)23(30)19-14-27-21-10-9-17(26)13-18(19)21/h6-10,13-14,16,27,29H,11-12H2,1-5H3/t16-,25+/m1/s1. The van der Waals surface area contributed by atoms with Crippen LogP contribution in [0.25, 0.3) is 10.9 Å². The van der Waals surface area contributed by atoms with Gasteiger partial charge in [0.05, 0.1) is 5.56 Å². The molecule has 1 aliphatic rings. The first-order valence-corrected chi connectivity index (χ1v) is 10.8. The third kappa shape index (κ3) is 2.92. The molecular formula is C25H29ClN2O2. The van der Waals surface area contributed by atoms with E-state index in [-0.39, 0.29) is 22.8 Å². The molecule has 0 aliphatic carbocycles. The number of piperidine rings is 1. The molecule has 0 spiro atoms. The van der Waals surface area contributed by atoms with Gasteiger partial charge in [-0.05, 0) is 61.1 Å². The number of hydrogen-bond donors (Lipinski definition) is 2. The van der Waals surface area contributed by atoms with Gasteiger partial charge < -0.3 is 15.0 Å². The van der Waals surface area contributed by atoms with Crippen LogP contribution in [-0.4, -0.2) is 33.5 Å². The molecule has 158 valence electrons. The second-order valence-electron chi connectivity index (χ2n) is 9.32. The number of carbonyl (C=O) groups is 1. The second kappa shape index (κ2) is 7.05. The molecule has 1 aromatic heterocycles. The minimum absolute atomic E-state index is 0.00892. The van der Waals surface area contributed by atoms with E-state index in [1.54, 1.807) is 12.3 Å². The molecule has 30 heavy (non-hydrogen) atoms. The maximum absolute atomic E-state index is 13.6. The summed E-state index contributed by atoms with van der Waals surface area (Å²) in [6.45, 7) is 11.5. The number of benzene rings is 2. The van der Waals surface area contributed by atoms with E-state index >= 15 is 0 Å². The highest BCUT2D eigenvalue weighted by Crippen LogP contribution is 2.52. The van der Waals surface area contributed by atoms with Gasteiger partial charge in [-0.3, -0.25) is 4.79 Å². The highest BCUT2D eigenvalue weighted by Gasteiger charge is 2.52. The molecule has 0 unspecified atom stereocenters. The van der Waals surface area contributed by atoms with E-state index in [4.69, 9.17) is 11.6 Å². The number of fused-ring (bicyclic) bond motifs is 1. The number of aromatic amines is 1. The predicted molar refractivity (Wildman–Crippen MR) is 122 cm³/mol. The monoisotopic (exact) mass is 424 g/mol. The fourth-order valence-corrected chi connectivity index (χ4v) is 5.29. The number of nitrogens with zero attached hydrogens (tertiary/aromatic N) is 1. The van der Waals surface area contributed by atoms with Crippen LogP contribution in [0.5, 0.6) is 5.75 Å². The number of aromatic nitrogens is 1. The molecule has 4 nitrogen and oxygen atoms in total. The highest BCUT2D eigenvalue weighted by atomic mass is 35.5. The number of phenols is 1.